The summed E-state index contributed by atoms with van der Waals surface area (Å²) in [5.74, 6) is 0. The van der Waals surface area contributed by atoms with Gasteiger partial charge in [0, 0.05) is 19.1 Å². The van der Waals surface area contributed by atoms with Crippen molar-refractivity contribution in [2.75, 3.05) is 13.2 Å². The Bertz CT molecular complexity index is 293. The van der Waals surface area contributed by atoms with Crippen LogP contribution < -0.4 is 0 Å². The molecule has 0 spiro atoms. The van der Waals surface area contributed by atoms with Crippen molar-refractivity contribution in [3.63, 3.8) is 0 Å². The van der Waals surface area contributed by atoms with E-state index in [-0.39, 0.29) is 6.61 Å². The van der Waals surface area contributed by atoms with Crippen LogP contribution >= 0.6 is 0 Å². The summed E-state index contributed by atoms with van der Waals surface area (Å²) >= 11 is 0. The van der Waals surface area contributed by atoms with Gasteiger partial charge < -0.3 is 0 Å². The van der Waals surface area contributed by atoms with Gasteiger partial charge in [-0.3, -0.25) is 4.90 Å². The molecular formula is C14H20NO. The van der Waals surface area contributed by atoms with E-state index in [1.165, 1.54) is 31.2 Å². The predicted octanol–water partition coefficient (Wildman–Crippen LogP) is 2.86. The van der Waals surface area contributed by atoms with Crippen LogP contribution in [0.4, 0.5) is 0 Å². The number of hydrogen-bond donors (Lipinski definition) is 0. The van der Waals surface area contributed by atoms with Crippen molar-refractivity contribution < 1.29 is 5.11 Å². The summed E-state index contributed by atoms with van der Waals surface area (Å²) < 4.78 is 0. The highest BCUT2D eigenvalue weighted by Gasteiger charge is 2.22. The van der Waals surface area contributed by atoms with Crippen molar-refractivity contribution in [3.8, 4) is 0 Å². The Morgan fingerprint density at radius 2 is 1.81 bits per heavy atom. The monoisotopic (exact) mass is 218 g/mol. The SMILES string of the molecule is [O]CCN(Cc1ccccc1)C1CCCC1. The van der Waals surface area contributed by atoms with Gasteiger partial charge in [-0.05, 0) is 18.4 Å². The van der Waals surface area contributed by atoms with Crippen LogP contribution in [0.15, 0.2) is 30.3 Å². The summed E-state index contributed by atoms with van der Waals surface area (Å²) in [6.45, 7) is 1.65. The second kappa shape index (κ2) is 6.02. The fraction of sp³-hybridized carbons (Fsp3) is 0.571. The molecule has 0 N–H and O–H groups in total. The van der Waals surface area contributed by atoms with Crippen LogP contribution in [0.1, 0.15) is 31.2 Å². The van der Waals surface area contributed by atoms with Gasteiger partial charge in [-0.25, -0.2) is 5.11 Å². The minimum atomic E-state index is 0.0172. The van der Waals surface area contributed by atoms with Crippen molar-refractivity contribution in [2.45, 2.75) is 38.3 Å². The van der Waals surface area contributed by atoms with Gasteiger partial charge in [-0.1, -0.05) is 43.2 Å². The molecule has 1 aromatic carbocycles. The Kier molecular flexibility index (Phi) is 4.37. The highest BCUT2D eigenvalue weighted by molar-refractivity contribution is 5.14. The summed E-state index contributed by atoms with van der Waals surface area (Å²) in [6, 6.07) is 11.1. The molecule has 1 aliphatic carbocycles. The summed E-state index contributed by atoms with van der Waals surface area (Å²) in [6.07, 6.45) is 5.20. The molecular weight excluding hydrogens is 198 g/mol. The number of rotatable bonds is 5. The van der Waals surface area contributed by atoms with Gasteiger partial charge in [0.25, 0.3) is 0 Å². The lowest BCUT2D eigenvalue weighted by atomic mass is 10.1. The molecule has 1 aromatic rings. The van der Waals surface area contributed by atoms with E-state index in [2.05, 4.69) is 29.2 Å². The van der Waals surface area contributed by atoms with Gasteiger partial charge in [0.15, 0.2) is 0 Å². The molecule has 1 fully saturated rings. The predicted molar refractivity (Wildman–Crippen MR) is 64.7 cm³/mol. The van der Waals surface area contributed by atoms with E-state index in [9.17, 15) is 5.11 Å². The molecule has 0 heterocycles. The van der Waals surface area contributed by atoms with Crippen molar-refractivity contribution in [2.24, 2.45) is 0 Å². The Balaban J connectivity index is 1.96. The zero-order chi connectivity index (χ0) is 11.2. The van der Waals surface area contributed by atoms with E-state index < -0.39 is 0 Å². The summed E-state index contributed by atoms with van der Waals surface area (Å²) in [4.78, 5) is 2.37. The van der Waals surface area contributed by atoms with E-state index in [4.69, 9.17) is 0 Å². The Morgan fingerprint density at radius 1 is 1.12 bits per heavy atom. The summed E-state index contributed by atoms with van der Waals surface area (Å²) in [7, 11) is 0. The van der Waals surface area contributed by atoms with E-state index in [0.717, 1.165) is 6.54 Å². The summed E-state index contributed by atoms with van der Waals surface area (Å²) in [5.41, 5.74) is 1.32. The fourth-order valence-corrected chi connectivity index (χ4v) is 2.60. The molecule has 0 bridgehead atoms. The minimum Gasteiger partial charge on any atom is -0.294 e. The average molecular weight is 218 g/mol. The Labute approximate surface area is 97.9 Å². The lowest BCUT2D eigenvalue weighted by Crippen LogP contribution is -2.34. The smallest absolute Gasteiger partial charge is 0.0949 e. The first kappa shape index (κ1) is 11.6. The maximum absolute atomic E-state index is 10.8. The van der Waals surface area contributed by atoms with Crippen LogP contribution in [0, 0.1) is 0 Å². The molecule has 1 radical (unpaired) electrons. The normalized spacial score (nSPS) is 17.1. The maximum atomic E-state index is 10.8. The molecule has 0 amide bonds. The molecule has 0 aromatic heterocycles. The molecule has 2 rings (SSSR count). The Hall–Kier alpha value is -0.860. The van der Waals surface area contributed by atoms with Crippen molar-refractivity contribution >= 4 is 0 Å². The number of hydrogen-bond acceptors (Lipinski definition) is 1. The molecule has 87 valence electrons. The van der Waals surface area contributed by atoms with E-state index in [1.807, 2.05) is 6.07 Å². The van der Waals surface area contributed by atoms with Gasteiger partial charge in [0.2, 0.25) is 0 Å². The minimum absolute atomic E-state index is 0.0172. The first-order valence-electron chi connectivity index (χ1n) is 6.26. The van der Waals surface area contributed by atoms with Crippen LogP contribution in [0.2, 0.25) is 0 Å². The van der Waals surface area contributed by atoms with Crippen molar-refractivity contribution in [3.05, 3.63) is 35.9 Å². The van der Waals surface area contributed by atoms with Crippen molar-refractivity contribution in [1.29, 1.82) is 0 Å². The second-order valence-electron chi connectivity index (χ2n) is 4.60. The highest BCUT2D eigenvalue weighted by atomic mass is 16.3. The molecule has 16 heavy (non-hydrogen) atoms. The van der Waals surface area contributed by atoms with Crippen LogP contribution in [0.25, 0.3) is 0 Å². The van der Waals surface area contributed by atoms with Crippen LogP contribution in [0.3, 0.4) is 0 Å². The number of benzene rings is 1. The molecule has 2 nitrogen and oxygen atoms in total. The first-order chi connectivity index (χ1) is 7.90. The van der Waals surface area contributed by atoms with Gasteiger partial charge in [-0.2, -0.15) is 0 Å². The van der Waals surface area contributed by atoms with Crippen LogP contribution in [-0.4, -0.2) is 24.1 Å². The second-order valence-corrected chi connectivity index (χ2v) is 4.60. The lowest BCUT2D eigenvalue weighted by Gasteiger charge is -2.27. The highest BCUT2D eigenvalue weighted by Crippen LogP contribution is 2.24. The fourth-order valence-electron chi connectivity index (χ4n) is 2.60. The largest absolute Gasteiger partial charge is 0.294 e. The van der Waals surface area contributed by atoms with Crippen LogP contribution in [-0.2, 0) is 11.7 Å². The van der Waals surface area contributed by atoms with E-state index in [0.29, 0.717) is 12.6 Å². The zero-order valence-electron chi connectivity index (χ0n) is 9.77. The zero-order valence-corrected chi connectivity index (χ0v) is 9.77. The van der Waals surface area contributed by atoms with Crippen LogP contribution in [0.5, 0.6) is 0 Å². The standard InChI is InChI=1S/C14H20NO/c16-11-10-15(14-8-4-5-9-14)12-13-6-2-1-3-7-13/h1-3,6-7,14H,4-5,8-12H2. The molecule has 0 saturated heterocycles. The van der Waals surface area contributed by atoms with Gasteiger partial charge in [-0.15, -0.1) is 0 Å². The molecule has 2 heteroatoms. The molecule has 0 atom stereocenters. The molecule has 1 saturated carbocycles. The topological polar surface area (TPSA) is 23.1 Å². The van der Waals surface area contributed by atoms with E-state index in [1.54, 1.807) is 0 Å². The first-order valence-corrected chi connectivity index (χ1v) is 6.26. The number of nitrogens with zero attached hydrogens (tertiary/aromatic N) is 1. The quantitative estimate of drug-likeness (QED) is 0.745. The van der Waals surface area contributed by atoms with Gasteiger partial charge in [0.1, 0.15) is 0 Å². The lowest BCUT2D eigenvalue weighted by molar-refractivity contribution is 0.109. The molecule has 0 aliphatic heterocycles. The van der Waals surface area contributed by atoms with Crippen molar-refractivity contribution in [1.82, 2.24) is 4.90 Å². The third-order valence-electron chi connectivity index (χ3n) is 3.45. The average Bonchev–Trinajstić information content (AvgIpc) is 2.83. The van der Waals surface area contributed by atoms with Gasteiger partial charge >= 0.3 is 0 Å². The summed E-state index contributed by atoms with van der Waals surface area (Å²) in [5, 5.41) is 10.8. The van der Waals surface area contributed by atoms with Gasteiger partial charge in [0.05, 0.1) is 6.61 Å². The Morgan fingerprint density at radius 3 is 2.44 bits per heavy atom. The third-order valence-corrected chi connectivity index (χ3v) is 3.45. The van der Waals surface area contributed by atoms with E-state index >= 15 is 0 Å². The molecule has 1 aliphatic rings. The molecule has 0 unspecified atom stereocenters. The maximum Gasteiger partial charge on any atom is 0.0949 e. The third kappa shape index (κ3) is 3.06.